The van der Waals surface area contributed by atoms with Gasteiger partial charge in [-0.3, -0.25) is 19.1 Å². The van der Waals surface area contributed by atoms with E-state index in [1.165, 1.54) is 4.57 Å². The molecule has 2 heterocycles. The third kappa shape index (κ3) is 4.76. The summed E-state index contributed by atoms with van der Waals surface area (Å²) in [7, 11) is 3.97. The SMILES string of the molecule is CCN(Cc1ccc(N(C)C)cc1)C(=O)c1cc(C2CC2)nc2c1c(=O)[nH]c(=O)n2CC(C)C. The number of fused-ring (bicyclic) bond motifs is 1. The van der Waals surface area contributed by atoms with Crippen LogP contribution in [0.4, 0.5) is 5.69 Å². The lowest BCUT2D eigenvalue weighted by Crippen LogP contribution is -2.35. The molecule has 0 spiro atoms. The van der Waals surface area contributed by atoms with Crippen molar-refractivity contribution in [3.05, 3.63) is 68.0 Å². The van der Waals surface area contributed by atoms with Crippen LogP contribution >= 0.6 is 0 Å². The summed E-state index contributed by atoms with van der Waals surface area (Å²) in [6.07, 6.45) is 2.00. The molecule has 1 saturated carbocycles. The number of hydrogen-bond acceptors (Lipinski definition) is 5. The summed E-state index contributed by atoms with van der Waals surface area (Å²) < 4.78 is 1.50. The standard InChI is InChI=1S/C26H33N5O3/c1-6-30(15-17-7-11-19(12-8-17)29(4)5)25(33)20-13-21(18-9-10-18)27-23-22(20)24(32)28-26(34)31(23)14-16(2)3/h7-8,11-13,16,18H,6,9-10,14-15H2,1-5H3,(H,28,32,34). The first-order chi connectivity index (χ1) is 16.2. The van der Waals surface area contributed by atoms with Crippen molar-refractivity contribution >= 4 is 22.6 Å². The van der Waals surface area contributed by atoms with Crippen LogP contribution in [0.1, 0.15) is 61.1 Å². The number of aromatic amines is 1. The molecule has 2 aromatic heterocycles. The van der Waals surface area contributed by atoms with Gasteiger partial charge in [-0.15, -0.1) is 0 Å². The van der Waals surface area contributed by atoms with Gasteiger partial charge in [-0.2, -0.15) is 0 Å². The Morgan fingerprint density at radius 3 is 2.41 bits per heavy atom. The van der Waals surface area contributed by atoms with Gasteiger partial charge in [0.15, 0.2) is 5.65 Å². The molecule has 4 rings (SSSR count). The Hall–Kier alpha value is -3.42. The van der Waals surface area contributed by atoms with Crippen molar-refractivity contribution in [2.45, 2.75) is 52.6 Å². The van der Waals surface area contributed by atoms with Gasteiger partial charge in [-0.25, -0.2) is 9.78 Å². The molecule has 8 nitrogen and oxygen atoms in total. The molecule has 34 heavy (non-hydrogen) atoms. The molecule has 0 aliphatic heterocycles. The number of nitrogens with one attached hydrogen (secondary N) is 1. The van der Waals surface area contributed by atoms with Crippen molar-refractivity contribution in [1.82, 2.24) is 19.4 Å². The highest BCUT2D eigenvalue weighted by Crippen LogP contribution is 2.40. The number of amides is 1. The first-order valence-corrected chi connectivity index (χ1v) is 11.9. The second kappa shape index (κ2) is 9.44. The van der Waals surface area contributed by atoms with Crippen LogP contribution in [0.3, 0.4) is 0 Å². The molecule has 3 aromatic rings. The third-order valence-corrected chi connectivity index (χ3v) is 6.24. The number of carbonyl (C=O) groups excluding carboxylic acids is 1. The van der Waals surface area contributed by atoms with E-state index in [9.17, 15) is 14.4 Å². The molecular weight excluding hydrogens is 430 g/mol. The summed E-state index contributed by atoms with van der Waals surface area (Å²) in [5.74, 6) is 0.217. The maximum Gasteiger partial charge on any atom is 0.330 e. The number of hydrogen-bond donors (Lipinski definition) is 1. The molecule has 180 valence electrons. The summed E-state index contributed by atoms with van der Waals surface area (Å²) in [5.41, 5.74) is 2.45. The fourth-order valence-electron chi connectivity index (χ4n) is 4.20. The van der Waals surface area contributed by atoms with Crippen molar-refractivity contribution in [3.8, 4) is 0 Å². The smallest absolute Gasteiger partial charge is 0.330 e. The lowest BCUT2D eigenvalue weighted by Gasteiger charge is -2.23. The van der Waals surface area contributed by atoms with E-state index in [0.29, 0.717) is 30.8 Å². The van der Waals surface area contributed by atoms with Crippen LogP contribution in [0.15, 0.2) is 39.9 Å². The molecule has 1 amide bonds. The third-order valence-electron chi connectivity index (χ3n) is 6.24. The second-order valence-electron chi connectivity index (χ2n) is 9.71. The molecule has 1 N–H and O–H groups in total. The maximum atomic E-state index is 13.8. The molecule has 1 fully saturated rings. The Bertz CT molecular complexity index is 1320. The first-order valence-electron chi connectivity index (χ1n) is 11.9. The van der Waals surface area contributed by atoms with Gasteiger partial charge >= 0.3 is 5.69 Å². The summed E-state index contributed by atoms with van der Waals surface area (Å²) in [6, 6.07) is 9.84. The Balaban J connectivity index is 1.80. The van der Waals surface area contributed by atoms with Gasteiger partial charge in [0.1, 0.15) is 0 Å². The quantitative estimate of drug-likeness (QED) is 0.553. The minimum atomic E-state index is -0.565. The van der Waals surface area contributed by atoms with E-state index >= 15 is 0 Å². The van der Waals surface area contributed by atoms with E-state index in [1.54, 1.807) is 11.0 Å². The number of benzene rings is 1. The average Bonchev–Trinajstić information content (AvgIpc) is 3.64. The number of rotatable bonds is 8. The highest BCUT2D eigenvalue weighted by molar-refractivity contribution is 6.05. The van der Waals surface area contributed by atoms with Crippen LogP contribution in [0, 0.1) is 5.92 Å². The number of pyridine rings is 1. The molecule has 0 radical (unpaired) electrons. The molecule has 1 aliphatic rings. The largest absolute Gasteiger partial charge is 0.378 e. The summed E-state index contributed by atoms with van der Waals surface area (Å²) in [6.45, 7) is 7.25. The summed E-state index contributed by atoms with van der Waals surface area (Å²) in [4.78, 5) is 50.3. The summed E-state index contributed by atoms with van der Waals surface area (Å²) >= 11 is 0. The van der Waals surface area contributed by atoms with Crippen molar-refractivity contribution in [3.63, 3.8) is 0 Å². The van der Waals surface area contributed by atoms with Crippen molar-refractivity contribution in [2.24, 2.45) is 5.92 Å². The number of H-pyrrole nitrogens is 1. The Kier molecular flexibility index (Phi) is 6.59. The zero-order valence-electron chi connectivity index (χ0n) is 20.6. The topological polar surface area (TPSA) is 91.3 Å². The Morgan fingerprint density at radius 2 is 1.85 bits per heavy atom. The van der Waals surface area contributed by atoms with Crippen molar-refractivity contribution < 1.29 is 4.79 Å². The van der Waals surface area contributed by atoms with Gasteiger partial charge in [0.2, 0.25) is 0 Å². The highest BCUT2D eigenvalue weighted by atomic mass is 16.2. The van der Waals surface area contributed by atoms with E-state index in [-0.39, 0.29) is 23.1 Å². The fraction of sp³-hybridized carbons (Fsp3) is 0.462. The Morgan fingerprint density at radius 1 is 1.18 bits per heavy atom. The second-order valence-corrected chi connectivity index (χ2v) is 9.71. The lowest BCUT2D eigenvalue weighted by molar-refractivity contribution is 0.0754. The van der Waals surface area contributed by atoms with Crippen LogP contribution in [-0.2, 0) is 13.1 Å². The van der Waals surface area contributed by atoms with E-state index in [0.717, 1.165) is 29.8 Å². The molecular formula is C26H33N5O3. The minimum absolute atomic E-state index is 0.176. The van der Waals surface area contributed by atoms with Gasteiger partial charge in [0.05, 0.1) is 10.9 Å². The van der Waals surface area contributed by atoms with Crippen LogP contribution < -0.4 is 16.1 Å². The van der Waals surface area contributed by atoms with Gasteiger partial charge in [0.25, 0.3) is 11.5 Å². The predicted octanol–water partition coefficient (Wildman–Crippen LogP) is 3.35. The number of carbonyl (C=O) groups is 1. The van der Waals surface area contributed by atoms with Crippen LogP contribution in [0.5, 0.6) is 0 Å². The predicted molar refractivity (Wildman–Crippen MR) is 135 cm³/mol. The number of nitrogens with zero attached hydrogens (tertiary/aromatic N) is 4. The molecule has 0 atom stereocenters. The number of anilines is 1. The van der Waals surface area contributed by atoms with Crippen LogP contribution in [-0.4, -0.2) is 46.0 Å². The van der Waals surface area contributed by atoms with Crippen molar-refractivity contribution in [1.29, 1.82) is 0 Å². The van der Waals surface area contributed by atoms with Gasteiger partial charge < -0.3 is 9.80 Å². The fourth-order valence-corrected chi connectivity index (χ4v) is 4.20. The monoisotopic (exact) mass is 463 g/mol. The molecule has 1 aromatic carbocycles. The zero-order valence-corrected chi connectivity index (χ0v) is 20.6. The molecule has 0 unspecified atom stereocenters. The molecule has 8 heteroatoms. The van der Waals surface area contributed by atoms with Crippen LogP contribution in [0.25, 0.3) is 11.0 Å². The van der Waals surface area contributed by atoms with E-state index in [1.807, 2.05) is 64.0 Å². The van der Waals surface area contributed by atoms with E-state index < -0.39 is 11.2 Å². The summed E-state index contributed by atoms with van der Waals surface area (Å²) in [5, 5.41) is 0.191. The normalized spacial score (nSPS) is 13.5. The first kappa shape index (κ1) is 23.7. The van der Waals surface area contributed by atoms with E-state index in [2.05, 4.69) is 4.98 Å². The molecule has 1 aliphatic carbocycles. The molecule has 0 bridgehead atoms. The zero-order chi connectivity index (χ0) is 24.6. The van der Waals surface area contributed by atoms with Crippen LogP contribution in [0.2, 0.25) is 0 Å². The molecule has 0 saturated heterocycles. The van der Waals surface area contributed by atoms with Gasteiger partial charge in [-0.1, -0.05) is 26.0 Å². The lowest BCUT2D eigenvalue weighted by atomic mass is 10.1. The van der Waals surface area contributed by atoms with Gasteiger partial charge in [-0.05, 0) is 49.4 Å². The highest BCUT2D eigenvalue weighted by Gasteiger charge is 2.30. The van der Waals surface area contributed by atoms with E-state index in [4.69, 9.17) is 4.98 Å². The van der Waals surface area contributed by atoms with Crippen molar-refractivity contribution in [2.75, 3.05) is 25.5 Å². The Labute approximate surface area is 199 Å². The maximum absolute atomic E-state index is 13.8. The average molecular weight is 464 g/mol. The number of aromatic nitrogens is 3. The minimum Gasteiger partial charge on any atom is -0.378 e. The van der Waals surface area contributed by atoms with Gasteiger partial charge in [0, 0.05) is 51.0 Å².